The highest BCUT2D eigenvalue weighted by Gasteiger charge is 2.14. The van der Waals surface area contributed by atoms with E-state index in [4.69, 9.17) is 9.84 Å². The molecule has 1 N–H and O–H groups in total. The number of aliphatic hydroxyl groups excluding tert-OH is 1. The molecule has 0 aliphatic heterocycles. The van der Waals surface area contributed by atoms with E-state index >= 15 is 0 Å². The fourth-order valence-corrected chi connectivity index (χ4v) is 0.777. The van der Waals surface area contributed by atoms with Crippen molar-refractivity contribution in [3.8, 4) is 0 Å². The lowest BCUT2D eigenvalue weighted by Gasteiger charge is -2.08. The third-order valence-electron chi connectivity index (χ3n) is 1.38. The van der Waals surface area contributed by atoms with E-state index in [9.17, 15) is 4.79 Å². The van der Waals surface area contributed by atoms with Crippen molar-refractivity contribution in [1.29, 1.82) is 0 Å². The van der Waals surface area contributed by atoms with Crippen LogP contribution in [0.25, 0.3) is 0 Å². The second-order valence-corrected chi connectivity index (χ2v) is 2.40. The highest BCUT2D eigenvalue weighted by molar-refractivity contribution is 5.74. The number of hydrogen-bond donors (Lipinski definition) is 1. The molecule has 0 amide bonds. The molecule has 0 saturated heterocycles. The topological polar surface area (TPSA) is 55.8 Å². The van der Waals surface area contributed by atoms with Gasteiger partial charge in [-0.1, -0.05) is 0 Å². The summed E-state index contributed by atoms with van der Waals surface area (Å²) in [5.41, 5.74) is 0. The van der Waals surface area contributed by atoms with Gasteiger partial charge in [-0.3, -0.25) is 0 Å². The molecule has 4 heteroatoms. The van der Waals surface area contributed by atoms with E-state index in [0.29, 0.717) is 26.1 Å². The smallest absolute Gasteiger partial charge is 0.334 e. The Kier molecular flexibility index (Phi) is 6.70. The molecule has 0 spiro atoms. The molecule has 1 atom stereocenters. The first kappa shape index (κ1) is 11.4. The summed E-state index contributed by atoms with van der Waals surface area (Å²) in [6, 6.07) is 0. The molecule has 1 unspecified atom stereocenters. The van der Waals surface area contributed by atoms with Crippen molar-refractivity contribution in [3.63, 3.8) is 0 Å². The molecule has 0 aromatic carbocycles. The molecule has 0 rings (SSSR count). The Labute approximate surface area is 72.5 Å². The summed E-state index contributed by atoms with van der Waals surface area (Å²) < 4.78 is 9.37. The van der Waals surface area contributed by atoms with Gasteiger partial charge in [-0.2, -0.15) is 0 Å². The molecule has 72 valence electrons. The fourth-order valence-electron chi connectivity index (χ4n) is 0.777. The fraction of sp³-hybridized carbons (Fsp3) is 0.875. The van der Waals surface area contributed by atoms with Crippen LogP contribution in [-0.4, -0.2) is 37.5 Å². The Balaban J connectivity index is 3.42. The van der Waals surface area contributed by atoms with Gasteiger partial charge in [0.2, 0.25) is 0 Å². The first-order valence-electron chi connectivity index (χ1n) is 4.06. The quantitative estimate of drug-likeness (QED) is 0.468. The Morgan fingerprint density at radius 1 is 1.58 bits per heavy atom. The average Bonchev–Trinajstić information content (AvgIpc) is 2.05. The van der Waals surface area contributed by atoms with Gasteiger partial charge in [-0.15, -0.1) is 0 Å². The Morgan fingerprint density at radius 3 is 2.75 bits per heavy atom. The van der Waals surface area contributed by atoms with Crippen LogP contribution in [0.15, 0.2) is 0 Å². The molecule has 0 saturated carbocycles. The highest BCUT2D eigenvalue weighted by atomic mass is 16.5. The Hall–Kier alpha value is -0.610. The van der Waals surface area contributed by atoms with Crippen LogP contribution >= 0.6 is 0 Å². The second-order valence-electron chi connectivity index (χ2n) is 2.40. The van der Waals surface area contributed by atoms with Crippen molar-refractivity contribution in [3.05, 3.63) is 0 Å². The zero-order chi connectivity index (χ0) is 9.40. The van der Waals surface area contributed by atoms with E-state index in [1.165, 1.54) is 0 Å². The second kappa shape index (κ2) is 7.06. The largest absolute Gasteiger partial charge is 0.464 e. The normalized spacial score (nSPS) is 12.6. The van der Waals surface area contributed by atoms with E-state index in [1.807, 2.05) is 0 Å². The SMILES string of the molecule is CCOC(=O)C(O)CCCOC. The summed E-state index contributed by atoms with van der Waals surface area (Å²) in [5.74, 6) is -0.548. The number of hydrogen-bond acceptors (Lipinski definition) is 4. The number of carbonyl (C=O) groups is 1. The van der Waals surface area contributed by atoms with Crippen LogP contribution in [0.1, 0.15) is 19.8 Å². The van der Waals surface area contributed by atoms with E-state index < -0.39 is 12.1 Å². The van der Waals surface area contributed by atoms with Gasteiger partial charge in [-0.25, -0.2) is 4.79 Å². The predicted octanol–water partition coefficient (Wildman–Crippen LogP) is 0.337. The zero-order valence-corrected chi connectivity index (χ0v) is 7.58. The molecule has 0 aromatic heterocycles. The van der Waals surface area contributed by atoms with Crippen molar-refractivity contribution >= 4 is 5.97 Å². The zero-order valence-electron chi connectivity index (χ0n) is 7.58. The number of ether oxygens (including phenoxy) is 2. The maximum absolute atomic E-state index is 10.8. The van der Waals surface area contributed by atoms with Crippen LogP contribution in [0.4, 0.5) is 0 Å². The van der Waals surface area contributed by atoms with Crippen molar-refractivity contribution < 1.29 is 19.4 Å². The van der Waals surface area contributed by atoms with Crippen LogP contribution in [0.5, 0.6) is 0 Å². The molecule has 0 heterocycles. The van der Waals surface area contributed by atoms with Crippen LogP contribution in [0, 0.1) is 0 Å². The monoisotopic (exact) mass is 176 g/mol. The first-order valence-corrected chi connectivity index (χ1v) is 4.06. The highest BCUT2D eigenvalue weighted by Crippen LogP contribution is 1.99. The number of rotatable bonds is 6. The van der Waals surface area contributed by atoms with Gasteiger partial charge < -0.3 is 14.6 Å². The van der Waals surface area contributed by atoms with Gasteiger partial charge in [-0.05, 0) is 19.8 Å². The maximum Gasteiger partial charge on any atom is 0.334 e. The molecule has 0 aromatic rings. The standard InChI is InChI=1S/C8H16O4/c1-3-12-8(10)7(9)5-4-6-11-2/h7,9H,3-6H2,1-2H3. The number of carbonyl (C=O) groups excluding carboxylic acids is 1. The van der Waals surface area contributed by atoms with Crippen molar-refractivity contribution in [1.82, 2.24) is 0 Å². The van der Waals surface area contributed by atoms with Gasteiger partial charge in [0.05, 0.1) is 6.61 Å². The van der Waals surface area contributed by atoms with E-state index in [2.05, 4.69) is 4.74 Å². The minimum atomic E-state index is -1.000. The molecular weight excluding hydrogens is 160 g/mol. The summed E-state index contributed by atoms with van der Waals surface area (Å²) >= 11 is 0. The molecule has 0 bridgehead atoms. The van der Waals surface area contributed by atoms with Crippen LogP contribution < -0.4 is 0 Å². The van der Waals surface area contributed by atoms with Crippen molar-refractivity contribution in [2.45, 2.75) is 25.9 Å². The van der Waals surface area contributed by atoms with E-state index in [1.54, 1.807) is 14.0 Å². The molecule has 0 radical (unpaired) electrons. The van der Waals surface area contributed by atoms with Gasteiger partial charge in [0.25, 0.3) is 0 Å². The first-order chi connectivity index (χ1) is 5.72. The number of aliphatic hydroxyl groups is 1. The number of esters is 1. The molecule has 4 nitrogen and oxygen atoms in total. The lowest BCUT2D eigenvalue weighted by atomic mass is 10.2. The van der Waals surface area contributed by atoms with Crippen molar-refractivity contribution in [2.24, 2.45) is 0 Å². The minimum Gasteiger partial charge on any atom is -0.464 e. The predicted molar refractivity (Wildman–Crippen MR) is 43.7 cm³/mol. The van der Waals surface area contributed by atoms with Crippen LogP contribution in [-0.2, 0) is 14.3 Å². The summed E-state index contributed by atoms with van der Waals surface area (Å²) in [6.45, 7) is 2.57. The number of methoxy groups -OCH3 is 1. The Morgan fingerprint density at radius 2 is 2.25 bits per heavy atom. The van der Waals surface area contributed by atoms with Gasteiger partial charge in [0, 0.05) is 13.7 Å². The molecule has 0 aliphatic rings. The minimum absolute atomic E-state index is 0.306. The van der Waals surface area contributed by atoms with Crippen LogP contribution in [0.3, 0.4) is 0 Å². The van der Waals surface area contributed by atoms with E-state index in [0.717, 1.165) is 0 Å². The summed E-state index contributed by atoms with van der Waals surface area (Å²) in [4.78, 5) is 10.8. The van der Waals surface area contributed by atoms with E-state index in [-0.39, 0.29) is 0 Å². The van der Waals surface area contributed by atoms with Crippen LogP contribution in [0.2, 0.25) is 0 Å². The summed E-state index contributed by atoms with van der Waals surface area (Å²) in [7, 11) is 1.58. The van der Waals surface area contributed by atoms with Crippen molar-refractivity contribution in [2.75, 3.05) is 20.3 Å². The maximum atomic E-state index is 10.8. The molecule has 0 aliphatic carbocycles. The van der Waals surface area contributed by atoms with Gasteiger partial charge in [0.1, 0.15) is 0 Å². The molecule has 12 heavy (non-hydrogen) atoms. The summed E-state index contributed by atoms with van der Waals surface area (Å²) in [5, 5.41) is 9.15. The molecular formula is C8H16O4. The lowest BCUT2D eigenvalue weighted by Crippen LogP contribution is -2.23. The third-order valence-corrected chi connectivity index (χ3v) is 1.38. The van der Waals surface area contributed by atoms with Gasteiger partial charge in [0.15, 0.2) is 6.10 Å². The molecule has 0 fully saturated rings. The third kappa shape index (κ3) is 5.09. The average molecular weight is 176 g/mol. The summed E-state index contributed by atoms with van der Waals surface area (Å²) in [6.07, 6.45) is 0.0588. The van der Waals surface area contributed by atoms with Gasteiger partial charge >= 0.3 is 5.97 Å². The Bertz CT molecular complexity index is 124. The lowest BCUT2D eigenvalue weighted by molar-refractivity contribution is -0.153.